The molecule has 0 radical (unpaired) electrons. The standard InChI is InChI=1S/C34H54O12/c1-5-33(17-35,18-36)21-45-30(40)26-14-10-11-23(3)27(26)31(41)44-16-8-7-15-43-29(39)25-13-9-12-24(4)28(25)32(42)46-22-34(6-2,19-37)20-38/h9-12,23-28,35-38H,5-8,13-22H2,1-4H3. The van der Waals surface area contributed by atoms with E-state index in [1.807, 2.05) is 38.2 Å². The lowest BCUT2D eigenvalue weighted by atomic mass is 9.76. The van der Waals surface area contributed by atoms with Crippen LogP contribution in [-0.2, 0) is 38.1 Å². The van der Waals surface area contributed by atoms with Crippen molar-refractivity contribution in [3.05, 3.63) is 24.3 Å². The van der Waals surface area contributed by atoms with Crippen LogP contribution in [0.25, 0.3) is 0 Å². The average molecular weight is 655 g/mol. The van der Waals surface area contributed by atoms with Gasteiger partial charge in [-0.25, -0.2) is 0 Å². The van der Waals surface area contributed by atoms with Crippen molar-refractivity contribution in [1.29, 1.82) is 0 Å². The van der Waals surface area contributed by atoms with Crippen LogP contribution in [0.4, 0.5) is 0 Å². The summed E-state index contributed by atoms with van der Waals surface area (Å²) >= 11 is 0. The van der Waals surface area contributed by atoms with Gasteiger partial charge in [0, 0.05) is 0 Å². The van der Waals surface area contributed by atoms with E-state index < -0.39 is 58.4 Å². The van der Waals surface area contributed by atoms with E-state index >= 15 is 0 Å². The first-order valence-corrected chi connectivity index (χ1v) is 16.4. The zero-order chi connectivity index (χ0) is 34.3. The smallest absolute Gasteiger partial charge is 0.310 e. The third-order valence-corrected chi connectivity index (χ3v) is 9.72. The Labute approximate surface area is 272 Å². The second-order valence-electron chi connectivity index (χ2n) is 12.9. The Bertz CT molecular complexity index is 1030. The number of hydrogen-bond donors (Lipinski definition) is 4. The Morgan fingerprint density at radius 2 is 0.957 bits per heavy atom. The average Bonchev–Trinajstić information content (AvgIpc) is 3.07. The third-order valence-electron chi connectivity index (χ3n) is 9.72. The minimum Gasteiger partial charge on any atom is -0.465 e. The van der Waals surface area contributed by atoms with Crippen LogP contribution in [0.5, 0.6) is 0 Å². The fraction of sp³-hybridized carbons (Fsp3) is 0.765. The molecule has 6 unspecified atom stereocenters. The van der Waals surface area contributed by atoms with Gasteiger partial charge in [0.2, 0.25) is 0 Å². The molecule has 0 saturated carbocycles. The van der Waals surface area contributed by atoms with Crippen molar-refractivity contribution < 1.29 is 58.6 Å². The number of ether oxygens (including phenoxy) is 4. The molecule has 46 heavy (non-hydrogen) atoms. The maximum Gasteiger partial charge on any atom is 0.310 e. The van der Waals surface area contributed by atoms with Gasteiger partial charge >= 0.3 is 23.9 Å². The van der Waals surface area contributed by atoms with Gasteiger partial charge in [-0.2, -0.15) is 0 Å². The molecule has 0 bridgehead atoms. The summed E-state index contributed by atoms with van der Waals surface area (Å²) < 4.78 is 21.9. The van der Waals surface area contributed by atoms with E-state index in [2.05, 4.69) is 0 Å². The number of aliphatic hydroxyl groups excluding tert-OH is 4. The van der Waals surface area contributed by atoms with E-state index in [4.69, 9.17) is 18.9 Å². The zero-order valence-electron chi connectivity index (χ0n) is 27.7. The highest BCUT2D eigenvalue weighted by Crippen LogP contribution is 2.35. The molecule has 0 amide bonds. The molecule has 2 rings (SSSR count). The molecule has 12 heteroatoms. The van der Waals surface area contributed by atoms with E-state index in [0.717, 1.165) is 0 Å². The minimum atomic E-state index is -0.943. The number of rotatable bonds is 19. The van der Waals surface area contributed by atoms with Crippen LogP contribution in [0.1, 0.15) is 66.2 Å². The lowest BCUT2D eigenvalue weighted by Crippen LogP contribution is -2.41. The van der Waals surface area contributed by atoms with Crippen molar-refractivity contribution in [1.82, 2.24) is 0 Å². The lowest BCUT2D eigenvalue weighted by Gasteiger charge is -2.32. The Kier molecular flexibility index (Phi) is 16.4. The summed E-state index contributed by atoms with van der Waals surface area (Å²) in [6.45, 7) is 5.66. The second-order valence-corrected chi connectivity index (χ2v) is 12.9. The van der Waals surface area contributed by atoms with Gasteiger partial charge in [-0.15, -0.1) is 0 Å². The summed E-state index contributed by atoms with van der Waals surface area (Å²) in [6, 6.07) is 0. The van der Waals surface area contributed by atoms with Gasteiger partial charge in [-0.05, 0) is 50.4 Å². The largest absolute Gasteiger partial charge is 0.465 e. The first-order valence-electron chi connectivity index (χ1n) is 16.4. The van der Waals surface area contributed by atoms with Gasteiger partial charge in [0.25, 0.3) is 0 Å². The highest BCUT2D eigenvalue weighted by Gasteiger charge is 2.43. The number of unbranched alkanes of at least 4 members (excludes halogenated alkanes) is 1. The van der Waals surface area contributed by atoms with Gasteiger partial charge in [-0.1, -0.05) is 52.0 Å². The number of carbonyl (C=O) groups excluding carboxylic acids is 4. The SMILES string of the molecule is CCC(CO)(CO)COC(=O)C1CC=CC(C)C1C(=O)OCCCCOC(=O)C1CC=CC(C)C1C(=O)OCC(CC)(CO)CO. The quantitative estimate of drug-likeness (QED) is 0.0691. The Morgan fingerprint density at radius 3 is 1.35 bits per heavy atom. The highest BCUT2D eigenvalue weighted by atomic mass is 16.6. The third kappa shape index (κ3) is 10.4. The maximum atomic E-state index is 13.0. The molecule has 2 aliphatic carbocycles. The molecule has 0 saturated heterocycles. The van der Waals surface area contributed by atoms with E-state index in [9.17, 15) is 39.6 Å². The first kappa shape index (κ1) is 39.4. The number of esters is 4. The van der Waals surface area contributed by atoms with E-state index in [1.165, 1.54) is 0 Å². The van der Waals surface area contributed by atoms with Gasteiger partial charge in [0.1, 0.15) is 13.2 Å². The van der Waals surface area contributed by atoms with Crippen LogP contribution in [0.15, 0.2) is 24.3 Å². The van der Waals surface area contributed by atoms with Crippen molar-refractivity contribution in [3.8, 4) is 0 Å². The monoisotopic (exact) mass is 654 g/mol. The van der Waals surface area contributed by atoms with E-state index in [-0.39, 0.29) is 64.7 Å². The molecule has 0 aromatic heterocycles. The topological polar surface area (TPSA) is 186 Å². The zero-order valence-corrected chi connectivity index (χ0v) is 27.7. The predicted molar refractivity (Wildman–Crippen MR) is 167 cm³/mol. The van der Waals surface area contributed by atoms with Crippen LogP contribution >= 0.6 is 0 Å². The molecule has 0 aromatic carbocycles. The number of allylic oxidation sites excluding steroid dienone is 4. The molecule has 6 atom stereocenters. The molecule has 12 nitrogen and oxygen atoms in total. The molecule has 0 aromatic rings. The van der Waals surface area contributed by atoms with Gasteiger partial charge in [-0.3, -0.25) is 19.2 Å². The minimum absolute atomic E-state index is 0.0616. The Morgan fingerprint density at radius 1 is 0.609 bits per heavy atom. The summed E-state index contributed by atoms with van der Waals surface area (Å²) in [5.74, 6) is -5.74. The van der Waals surface area contributed by atoms with E-state index in [0.29, 0.717) is 38.5 Å². The predicted octanol–water partition coefficient (Wildman–Crippen LogP) is 2.36. The first-order chi connectivity index (χ1) is 22.0. The Hall–Kier alpha value is -2.80. The van der Waals surface area contributed by atoms with E-state index in [1.54, 1.807) is 13.8 Å². The summed E-state index contributed by atoms with van der Waals surface area (Å²) in [4.78, 5) is 52.0. The molecule has 0 heterocycles. The molecule has 0 aliphatic heterocycles. The summed E-state index contributed by atoms with van der Waals surface area (Å²) in [7, 11) is 0. The molecule has 0 spiro atoms. The molecule has 0 fully saturated rings. The van der Waals surface area contributed by atoms with Gasteiger partial charge < -0.3 is 39.4 Å². The van der Waals surface area contributed by atoms with Gasteiger partial charge in [0.15, 0.2) is 0 Å². The molecule has 4 N–H and O–H groups in total. The van der Waals surface area contributed by atoms with Crippen LogP contribution in [-0.4, -0.2) is 97.2 Å². The van der Waals surface area contributed by atoms with Gasteiger partial charge in [0.05, 0.1) is 74.1 Å². The fourth-order valence-corrected chi connectivity index (χ4v) is 5.73. The Balaban J connectivity index is 1.85. The highest BCUT2D eigenvalue weighted by molar-refractivity contribution is 5.84. The summed E-state index contributed by atoms with van der Waals surface area (Å²) in [5, 5.41) is 38.6. The van der Waals surface area contributed by atoms with Crippen molar-refractivity contribution in [2.24, 2.45) is 46.3 Å². The van der Waals surface area contributed by atoms with Crippen molar-refractivity contribution in [2.45, 2.75) is 66.2 Å². The number of aliphatic hydroxyl groups is 4. The number of carbonyl (C=O) groups is 4. The summed E-state index contributed by atoms with van der Waals surface area (Å²) in [5.41, 5.74) is -1.88. The van der Waals surface area contributed by atoms with Crippen molar-refractivity contribution >= 4 is 23.9 Å². The molecule has 262 valence electrons. The van der Waals surface area contributed by atoms with Crippen molar-refractivity contribution in [2.75, 3.05) is 52.9 Å². The molecular weight excluding hydrogens is 600 g/mol. The fourth-order valence-electron chi connectivity index (χ4n) is 5.73. The van der Waals surface area contributed by atoms with Crippen LogP contribution in [0, 0.1) is 46.3 Å². The van der Waals surface area contributed by atoms with Crippen LogP contribution in [0.2, 0.25) is 0 Å². The number of hydrogen-bond acceptors (Lipinski definition) is 12. The molecule has 2 aliphatic rings. The van der Waals surface area contributed by atoms with Crippen LogP contribution < -0.4 is 0 Å². The summed E-state index contributed by atoms with van der Waals surface area (Å²) in [6.07, 6.45) is 9.64. The lowest BCUT2D eigenvalue weighted by molar-refractivity contribution is -0.167. The second kappa shape index (κ2) is 19.1. The van der Waals surface area contributed by atoms with Crippen molar-refractivity contribution in [3.63, 3.8) is 0 Å². The normalized spacial score (nSPS) is 24.7. The molecular formula is C34H54O12. The maximum absolute atomic E-state index is 13.0. The van der Waals surface area contributed by atoms with Crippen LogP contribution in [0.3, 0.4) is 0 Å².